The van der Waals surface area contributed by atoms with Gasteiger partial charge < -0.3 is 5.11 Å². The highest BCUT2D eigenvalue weighted by atomic mass is 16.2. The lowest BCUT2D eigenvalue weighted by atomic mass is 10.1. The molecular formula is C11H18O. The van der Waals surface area contributed by atoms with E-state index in [9.17, 15) is 0 Å². The highest BCUT2D eigenvalue weighted by Gasteiger charge is 1.93. The minimum absolute atomic E-state index is 0.241. The van der Waals surface area contributed by atoms with Crippen molar-refractivity contribution in [2.24, 2.45) is 0 Å². The zero-order valence-electron chi connectivity index (χ0n) is 8.17. The Morgan fingerprint density at radius 2 is 1.75 bits per heavy atom. The van der Waals surface area contributed by atoms with E-state index >= 15 is 0 Å². The van der Waals surface area contributed by atoms with Crippen LogP contribution in [-0.4, -0.2) is 11.7 Å². The zero-order chi connectivity index (χ0) is 9.40. The smallest absolute Gasteiger partial charge is 0.0471 e. The summed E-state index contributed by atoms with van der Waals surface area (Å²) in [5.74, 6) is 0. The topological polar surface area (TPSA) is 20.2 Å². The van der Waals surface area contributed by atoms with Gasteiger partial charge in [-0.1, -0.05) is 38.1 Å². The van der Waals surface area contributed by atoms with Gasteiger partial charge in [0.1, 0.15) is 0 Å². The molecule has 0 saturated carbocycles. The van der Waals surface area contributed by atoms with E-state index in [1.165, 1.54) is 11.1 Å². The van der Waals surface area contributed by atoms with Crippen molar-refractivity contribution < 1.29 is 5.11 Å². The molecule has 0 aliphatic carbocycles. The fourth-order valence-corrected chi connectivity index (χ4v) is 1.01. The van der Waals surface area contributed by atoms with E-state index in [2.05, 4.69) is 13.0 Å². The van der Waals surface area contributed by atoms with Crippen LogP contribution in [0.4, 0.5) is 0 Å². The summed E-state index contributed by atoms with van der Waals surface area (Å²) >= 11 is 0. The van der Waals surface area contributed by atoms with Gasteiger partial charge in [0, 0.05) is 6.61 Å². The Bertz CT molecular complexity index is 206. The normalized spacial score (nSPS) is 8.67. The summed E-state index contributed by atoms with van der Waals surface area (Å²) in [5, 5.41) is 8.64. The third-order valence-corrected chi connectivity index (χ3v) is 1.64. The van der Waals surface area contributed by atoms with Crippen molar-refractivity contribution in [3.8, 4) is 0 Å². The van der Waals surface area contributed by atoms with Crippen LogP contribution in [0.3, 0.4) is 0 Å². The molecule has 0 bridgehead atoms. The molecule has 0 fully saturated rings. The van der Waals surface area contributed by atoms with E-state index < -0.39 is 0 Å². The second-order valence-corrected chi connectivity index (χ2v) is 2.40. The van der Waals surface area contributed by atoms with E-state index in [1.807, 2.05) is 32.0 Å². The van der Waals surface area contributed by atoms with Crippen LogP contribution in [-0.2, 0) is 6.42 Å². The lowest BCUT2D eigenvalue weighted by molar-refractivity contribution is 0.299. The van der Waals surface area contributed by atoms with Crippen molar-refractivity contribution in [3.05, 3.63) is 35.4 Å². The van der Waals surface area contributed by atoms with Crippen LogP contribution in [0.25, 0.3) is 0 Å². The first kappa shape index (κ1) is 11.2. The lowest BCUT2D eigenvalue weighted by Gasteiger charge is -2.00. The third-order valence-electron chi connectivity index (χ3n) is 1.64. The highest BCUT2D eigenvalue weighted by molar-refractivity contribution is 5.25. The molecule has 0 aliphatic heterocycles. The van der Waals surface area contributed by atoms with E-state index in [-0.39, 0.29) is 6.61 Å². The van der Waals surface area contributed by atoms with E-state index in [0.717, 1.165) is 6.42 Å². The molecule has 0 atom stereocenters. The summed E-state index contributed by atoms with van der Waals surface area (Å²) in [6, 6.07) is 8.12. The summed E-state index contributed by atoms with van der Waals surface area (Å²) in [4.78, 5) is 0. The molecule has 1 aromatic carbocycles. The second-order valence-electron chi connectivity index (χ2n) is 2.40. The van der Waals surface area contributed by atoms with E-state index in [4.69, 9.17) is 5.11 Å². The van der Waals surface area contributed by atoms with Crippen molar-refractivity contribution in [1.29, 1.82) is 0 Å². The SMILES string of the molecule is CC.Cc1ccccc1CCO. The summed E-state index contributed by atoms with van der Waals surface area (Å²) in [7, 11) is 0. The Balaban J connectivity index is 0.000000561. The number of benzene rings is 1. The van der Waals surface area contributed by atoms with Crippen molar-refractivity contribution in [2.75, 3.05) is 6.61 Å². The first-order valence-electron chi connectivity index (χ1n) is 4.50. The maximum absolute atomic E-state index is 8.64. The first-order valence-corrected chi connectivity index (χ1v) is 4.50. The Hall–Kier alpha value is -0.820. The van der Waals surface area contributed by atoms with Gasteiger partial charge in [0.2, 0.25) is 0 Å². The summed E-state index contributed by atoms with van der Waals surface area (Å²) in [6.45, 7) is 6.30. The summed E-state index contributed by atoms with van der Waals surface area (Å²) < 4.78 is 0. The third kappa shape index (κ3) is 3.54. The minimum Gasteiger partial charge on any atom is -0.396 e. The number of aryl methyl sites for hydroxylation is 1. The predicted molar refractivity (Wildman–Crippen MR) is 53.3 cm³/mol. The molecule has 12 heavy (non-hydrogen) atoms. The maximum Gasteiger partial charge on any atom is 0.0471 e. The van der Waals surface area contributed by atoms with Crippen molar-refractivity contribution >= 4 is 0 Å². The van der Waals surface area contributed by atoms with Gasteiger partial charge in [0.05, 0.1) is 0 Å². The van der Waals surface area contributed by atoms with Crippen molar-refractivity contribution in [2.45, 2.75) is 27.2 Å². The van der Waals surface area contributed by atoms with Gasteiger partial charge in [0.15, 0.2) is 0 Å². The quantitative estimate of drug-likeness (QED) is 0.716. The largest absolute Gasteiger partial charge is 0.396 e. The molecule has 0 aromatic heterocycles. The van der Waals surface area contributed by atoms with Crippen LogP contribution < -0.4 is 0 Å². The van der Waals surface area contributed by atoms with Crippen LogP contribution in [0.2, 0.25) is 0 Å². The molecular weight excluding hydrogens is 148 g/mol. The molecule has 1 N–H and O–H groups in total. The average molecular weight is 166 g/mol. The Labute approximate surface area is 75.1 Å². The first-order chi connectivity index (χ1) is 5.84. The predicted octanol–water partition coefficient (Wildman–Crippen LogP) is 2.56. The van der Waals surface area contributed by atoms with Gasteiger partial charge in [-0.2, -0.15) is 0 Å². The van der Waals surface area contributed by atoms with Gasteiger partial charge in [-0.25, -0.2) is 0 Å². The van der Waals surface area contributed by atoms with Gasteiger partial charge >= 0.3 is 0 Å². The Morgan fingerprint density at radius 3 is 2.25 bits per heavy atom. The molecule has 0 unspecified atom stereocenters. The Morgan fingerprint density at radius 1 is 1.17 bits per heavy atom. The lowest BCUT2D eigenvalue weighted by Crippen LogP contribution is -1.92. The molecule has 1 heteroatoms. The monoisotopic (exact) mass is 166 g/mol. The molecule has 0 aliphatic rings. The molecule has 68 valence electrons. The van der Waals surface area contributed by atoms with Gasteiger partial charge in [-0.15, -0.1) is 0 Å². The number of rotatable bonds is 2. The molecule has 0 saturated heterocycles. The van der Waals surface area contributed by atoms with E-state index in [0.29, 0.717) is 0 Å². The number of aliphatic hydroxyl groups is 1. The summed E-state index contributed by atoms with van der Waals surface area (Å²) in [6.07, 6.45) is 0.771. The number of hydrogen-bond donors (Lipinski definition) is 1. The fourth-order valence-electron chi connectivity index (χ4n) is 1.01. The molecule has 0 heterocycles. The van der Waals surface area contributed by atoms with Gasteiger partial charge in [-0.3, -0.25) is 0 Å². The zero-order valence-corrected chi connectivity index (χ0v) is 8.17. The van der Waals surface area contributed by atoms with Crippen LogP contribution >= 0.6 is 0 Å². The van der Waals surface area contributed by atoms with E-state index in [1.54, 1.807) is 0 Å². The molecule has 1 aromatic rings. The molecule has 1 rings (SSSR count). The average Bonchev–Trinajstić information content (AvgIpc) is 2.13. The molecule has 0 radical (unpaired) electrons. The second kappa shape index (κ2) is 6.86. The number of hydrogen-bond acceptors (Lipinski definition) is 1. The van der Waals surface area contributed by atoms with Crippen molar-refractivity contribution in [3.63, 3.8) is 0 Å². The summed E-state index contributed by atoms with van der Waals surface area (Å²) in [5.41, 5.74) is 2.50. The standard InChI is InChI=1S/C9H12O.C2H6/c1-8-4-2-3-5-9(8)6-7-10;1-2/h2-5,10H,6-7H2,1H3;1-2H3. The van der Waals surface area contributed by atoms with Crippen LogP contribution in [0.15, 0.2) is 24.3 Å². The Kier molecular flexibility index (Phi) is 6.39. The molecule has 0 amide bonds. The highest BCUT2D eigenvalue weighted by Crippen LogP contribution is 2.06. The fraction of sp³-hybridized carbons (Fsp3) is 0.455. The van der Waals surface area contributed by atoms with Gasteiger partial charge in [-0.05, 0) is 24.5 Å². The maximum atomic E-state index is 8.64. The minimum atomic E-state index is 0.241. The molecule has 0 spiro atoms. The number of aliphatic hydroxyl groups excluding tert-OH is 1. The van der Waals surface area contributed by atoms with Crippen LogP contribution in [0, 0.1) is 6.92 Å². The van der Waals surface area contributed by atoms with Gasteiger partial charge in [0.25, 0.3) is 0 Å². The van der Waals surface area contributed by atoms with Crippen molar-refractivity contribution in [1.82, 2.24) is 0 Å². The molecule has 1 nitrogen and oxygen atoms in total. The van der Waals surface area contributed by atoms with Crippen LogP contribution in [0.1, 0.15) is 25.0 Å². The van der Waals surface area contributed by atoms with Crippen LogP contribution in [0.5, 0.6) is 0 Å².